The Morgan fingerprint density at radius 2 is 0.703 bits per heavy atom. The smallest absolute Gasteiger partial charge is 0.164 e. The third-order valence-electron chi connectivity index (χ3n) is 6.22. The zero-order valence-electron chi connectivity index (χ0n) is 19.9. The van der Waals surface area contributed by atoms with Crippen molar-refractivity contribution in [2.45, 2.75) is 0 Å². The van der Waals surface area contributed by atoms with E-state index in [1.807, 2.05) is 60.7 Å². The van der Waals surface area contributed by atoms with Crippen LogP contribution in [0.5, 0.6) is 0 Å². The Kier molecular flexibility index (Phi) is 6.05. The summed E-state index contributed by atoms with van der Waals surface area (Å²) in [7, 11) is 0. The highest BCUT2D eigenvalue weighted by molar-refractivity contribution is 5.73. The predicted molar refractivity (Wildman–Crippen MR) is 147 cm³/mol. The average molecular weight is 480 g/mol. The SMILES string of the molecule is Fc1ccc(-c2nc(-c3ccc(-c4ccccc4)cc3)nc(-c3cccc(-c4ccccc4)c3)n2)cc1. The fraction of sp³-hybridized carbons (Fsp3) is 0. The van der Waals surface area contributed by atoms with E-state index in [2.05, 4.69) is 48.5 Å². The molecule has 0 amide bonds. The van der Waals surface area contributed by atoms with Gasteiger partial charge in [-0.2, -0.15) is 0 Å². The van der Waals surface area contributed by atoms with Crippen LogP contribution < -0.4 is 0 Å². The Bertz CT molecular complexity index is 1650. The summed E-state index contributed by atoms with van der Waals surface area (Å²) in [6.07, 6.45) is 0. The largest absolute Gasteiger partial charge is 0.208 e. The second kappa shape index (κ2) is 9.96. The van der Waals surface area contributed by atoms with Gasteiger partial charge in [0.1, 0.15) is 5.82 Å². The van der Waals surface area contributed by atoms with Gasteiger partial charge in [0.15, 0.2) is 17.5 Å². The quantitative estimate of drug-likeness (QED) is 0.249. The van der Waals surface area contributed by atoms with E-state index in [0.717, 1.165) is 38.9 Å². The molecule has 0 radical (unpaired) electrons. The van der Waals surface area contributed by atoms with Gasteiger partial charge in [-0.25, -0.2) is 19.3 Å². The highest BCUT2D eigenvalue weighted by Gasteiger charge is 2.13. The zero-order valence-corrected chi connectivity index (χ0v) is 19.9. The topological polar surface area (TPSA) is 38.7 Å². The molecule has 4 heteroatoms. The van der Waals surface area contributed by atoms with Gasteiger partial charge in [0.05, 0.1) is 0 Å². The second-order valence-corrected chi connectivity index (χ2v) is 8.70. The van der Waals surface area contributed by atoms with Gasteiger partial charge in [0.25, 0.3) is 0 Å². The van der Waals surface area contributed by atoms with Gasteiger partial charge in [-0.1, -0.05) is 103 Å². The van der Waals surface area contributed by atoms with Crippen LogP contribution in [0.4, 0.5) is 4.39 Å². The lowest BCUT2D eigenvalue weighted by molar-refractivity contribution is 0.628. The maximum atomic E-state index is 13.6. The molecule has 6 rings (SSSR count). The van der Waals surface area contributed by atoms with Gasteiger partial charge in [-0.05, 0) is 52.6 Å². The normalized spacial score (nSPS) is 10.8. The molecular formula is C33H22FN3. The highest BCUT2D eigenvalue weighted by Crippen LogP contribution is 2.29. The van der Waals surface area contributed by atoms with Crippen LogP contribution in [0, 0.1) is 5.82 Å². The third-order valence-corrected chi connectivity index (χ3v) is 6.22. The van der Waals surface area contributed by atoms with Crippen molar-refractivity contribution in [2.24, 2.45) is 0 Å². The summed E-state index contributed by atoms with van der Waals surface area (Å²) < 4.78 is 13.6. The van der Waals surface area contributed by atoms with Crippen LogP contribution in [0.1, 0.15) is 0 Å². The van der Waals surface area contributed by atoms with Crippen LogP contribution in [0.3, 0.4) is 0 Å². The van der Waals surface area contributed by atoms with Crippen LogP contribution in [0.25, 0.3) is 56.4 Å². The summed E-state index contributed by atoms with van der Waals surface area (Å²) in [6.45, 7) is 0. The standard InChI is InChI=1S/C33H22FN3/c34-30-20-18-27(19-21-30)32-35-31(26-16-14-25(15-17-26)23-8-3-1-4-9-23)36-33(37-32)29-13-7-12-28(22-29)24-10-5-2-6-11-24/h1-22H. The molecule has 0 bridgehead atoms. The first-order valence-electron chi connectivity index (χ1n) is 12.1. The molecule has 0 saturated carbocycles. The molecule has 0 spiro atoms. The number of nitrogens with zero attached hydrogens (tertiary/aromatic N) is 3. The minimum Gasteiger partial charge on any atom is -0.208 e. The molecule has 0 aliphatic carbocycles. The predicted octanol–water partition coefficient (Wildman–Crippen LogP) is 8.35. The van der Waals surface area contributed by atoms with E-state index in [0.29, 0.717) is 17.5 Å². The lowest BCUT2D eigenvalue weighted by Gasteiger charge is -2.10. The molecule has 176 valence electrons. The monoisotopic (exact) mass is 479 g/mol. The van der Waals surface area contributed by atoms with E-state index >= 15 is 0 Å². The molecule has 0 fully saturated rings. The maximum Gasteiger partial charge on any atom is 0.164 e. The lowest BCUT2D eigenvalue weighted by Crippen LogP contribution is -2.00. The van der Waals surface area contributed by atoms with Crippen LogP contribution in [-0.2, 0) is 0 Å². The van der Waals surface area contributed by atoms with Crippen molar-refractivity contribution in [3.8, 4) is 56.4 Å². The van der Waals surface area contributed by atoms with Gasteiger partial charge < -0.3 is 0 Å². The molecule has 3 nitrogen and oxygen atoms in total. The Labute approximate surface area is 215 Å². The van der Waals surface area contributed by atoms with Crippen LogP contribution in [0.15, 0.2) is 133 Å². The molecule has 0 unspecified atom stereocenters. The van der Waals surface area contributed by atoms with E-state index in [9.17, 15) is 4.39 Å². The van der Waals surface area contributed by atoms with Crippen LogP contribution in [-0.4, -0.2) is 15.0 Å². The van der Waals surface area contributed by atoms with Gasteiger partial charge in [-0.15, -0.1) is 0 Å². The van der Waals surface area contributed by atoms with E-state index in [-0.39, 0.29) is 5.82 Å². The molecule has 0 N–H and O–H groups in total. The molecule has 37 heavy (non-hydrogen) atoms. The molecule has 0 saturated heterocycles. The second-order valence-electron chi connectivity index (χ2n) is 8.70. The fourth-order valence-electron chi connectivity index (χ4n) is 4.27. The van der Waals surface area contributed by atoms with Crippen molar-refractivity contribution in [3.63, 3.8) is 0 Å². The average Bonchev–Trinajstić information content (AvgIpc) is 2.98. The van der Waals surface area contributed by atoms with Gasteiger partial charge >= 0.3 is 0 Å². The number of hydrogen-bond donors (Lipinski definition) is 0. The summed E-state index contributed by atoms with van der Waals surface area (Å²) in [5.41, 5.74) is 6.96. The molecule has 5 aromatic carbocycles. The van der Waals surface area contributed by atoms with E-state index in [4.69, 9.17) is 15.0 Å². The maximum absolute atomic E-state index is 13.6. The van der Waals surface area contributed by atoms with E-state index < -0.39 is 0 Å². The van der Waals surface area contributed by atoms with Crippen molar-refractivity contribution in [1.29, 1.82) is 0 Å². The summed E-state index contributed by atoms with van der Waals surface area (Å²) in [4.78, 5) is 14.4. The molecule has 6 aromatic rings. The summed E-state index contributed by atoms with van der Waals surface area (Å²) in [5, 5.41) is 0. The summed E-state index contributed by atoms with van der Waals surface area (Å²) in [5.74, 6) is 1.32. The van der Waals surface area contributed by atoms with Gasteiger partial charge in [-0.3, -0.25) is 0 Å². The number of benzene rings is 5. The molecule has 0 atom stereocenters. The Morgan fingerprint density at radius 1 is 0.324 bits per heavy atom. The van der Waals surface area contributed by atoms with Crippen LogP contribution in [0.2, 0.25) is 0 Å². The molecule has 0 aliphatic heterocycles. The minimum absolute atomic E-state index is 0.301. The zero-order chi connectivity index (χ0) is 25.0. The van der Waals surface area contributed by atoms with Gasteiger partial charge in [0, 0.05) is 16.7 Å². The third kappa shape index (κ3) is 4.91. The minimum atomic E-state index is -0.301. The van der Waals surface area contributed by atoms with Crippen molar-refractivity contribution in [3.05, 3.63) is 139 Å². The number of rotatable bonds is 5. The van der Waals surface area contributed by atoms with Crippen molar-refractivity contribution in [1.82, 2.24) is 15.0 Å². The summed E-state index contributed by atoms with van der Waals surface area (Å²) in [6, 6.07) is 43.0. The Balaban J connectivity index is 1.46. The number of halogens is 1. The number of hydrogen-bond acceptors (Lipinski definition) is 3. The lowest BCUT2D eigenvalue weighted by atomic mass is 10.0. The first kappa shape index (κ1) is 22.5. The van der Waals surface area contributed by atoms with Crippen molar-refractivity contribution < 1.29 is 4.39 Å². The van der Waals surface area contributed by atoms with E-state index in [1.54, 1.807) is 12.1 Å². The highest BCUT2D eigenvalue weighted by atomic mass is 19.1. The molecular weight excluding hydrogens is 457 g/mol. The Morgan fingerprint density at radius 3 is 1.27 bits per heavy atom. The first-order chi connectivity index (χ1) is 18.2. The number of aromatic nitrogens is 3. The Hall–Kier alpha value is -4.96. The van der Waals surface area contributed by atoms with E-state index in [1.165, 1.54) is 12.1 Å². The van der Waals surface area contributed by atoms with Crippen molar-refractivity contribution >= 4 is 0 Å². The van der Waals surface area contributed by atoms with Gasteiger partial charge in [0.2, 0.25) is 0 Å². The van der Waals surface area contributed by atoms with Crippen LogP contribution >= 0.6 is 0 Å². The molecule has 0 aliphatic rings. The fourth-order valence-corrected chi connectivity index (χ4v) is 4.27. The summed E-state index contributed by atoms with van der Waals surface area (Å²) >= 11 is 0. The molecule has 1 heterocycles. The first-order valence-corrected chi connectivity index (χ1v) is 12.1. The molecule has 1 aromatic heterocycles. The van der Waals surface area contributed by atoms with Crippen molar-refractivity contribution in [2.75, 3.05) is 0 Å².